The molecule has 0 fully saturated rings. The fourth-order valence-electron chi connectivity index (χ4n) is 4.12. The van der Waals surface area contributed by atoms with Crippen molar-refractivity contribution < 1.29 is 23.4 Å². The molecule has 0 saturated carbocycles. The summed E-state index contributed by atoms with van der Waals surface area (Å²) in [5, 5.41) is 0.453. The third-order valence-electron chi connectivity index (χ3n) is 5.59. The van der Waals surface area contributed by atoms with Crippen LogP contribution in [0.5, 0.6) is 11.5 Å². The Morgan fingerprint density at radius 2 is 1.78 bits per heavy atom. The van der Waals surface area contributed by atoms with Crippen molar-refractivity contribution in [3.63, 3.8) is 0 Å². The van der Waals surface area contributed by atoms with Crippen LogP contribution in [-0.4, -0.2) is 44.3 Å². The molecule has 0 aliphatic carbocycles. The largest absolute Gasteiger partial charge is 0.493 e. The van der Waals surface area contributed by atoms with Crippen LogP contribution in [0.4, 0.5) is 0 Å². The number of ether oxygens (including phenoxy) is 3. The lowest BCUT2D eigenvalue weighted by atomic mass is 9.98. The maximum absolute atomic E-state index is 13.5. The third kappa shape index (κ3) is 3.84. The van der Waals surface area contributed by atoms with E-state index < -0.39 is 6.04 Å². The van der Waals surface area contributed by atoms with Gasteiger partial charge < -0.3 is 23.5 Å². The Labute approximate surface area is 186 Å². The van der Waals surface area contributed by atoms with Gasteiger partial charge in [0.25, 0.3) is 5.91 Å². The van der Waals surface area contributed by atoms with Gasteiger partial charge in [-0.05, 0) is 50.1 Å². The highest BCUT2D eigenvalue weighted by Crippen LogP contribution is 2.40. The van der Waals surface area contributed by atoms with Crippen LogP contribution in [0.25, 0.3) is 11.0 Å². The van der Waals surface area contributed by atoms with Gasteiger partial charge in [-0.25, -0.2) is 0 Å². The topological polar surface area (TPSA) is 78.2 Å². The van der Waals surface area contributed by atoms with E-state index in [2.05, 4.69) is 0 Å². The molecule has 0 saturated heterocycles. The van der Waals surface area contributed by atoms with Crippen LogP contribution in [0.3, 0.4) is 0 Å². The zero-order chi connectivity index (χ0) is 22.8. The maximum atomic E-state index is 13.5. The zero-order valence-electron chi connectivity index (χ0n) is 18.7. The lowest BCUT2D eigenvalue weighted by molar-refractivity contribution is 0.0593. The van der Waals surface area contributed by atoms with E-state index >= 15 is 0 Å². The van der Waals surface area contributed by atoms with Gasteiger partial charge in [0.15, 0.2) is 16.9 Å². The van der Waals surface area contributed by atoms with Crippen molar-refractivity contribution in [1.82, 2.24) is 4.90 Å². The van der Waals surface area contributed by atoms with Crippen molar-refractivity contribution in [2.75, 3.05) is 27.4 Å². The lowest BCUT2D eigenvalue weighted by Crippen LogP contribution is -2.31. The van der Waals surface area contributed by atoms with Crippen molar-refractivity contribution in [3.8, 4) is 11.5 Å². The van der Waals surface area contributed by atoms with Gasteiger partial charge in [-0.2, -0.15) is 0 Å². The Kier molecular flexibility index (Phi) is 6.19. The minimum atomic E-state index is -0.586. The molecule has 7 nitrogen and oxygen atoms in total. The number of hydrogen-bond donors (Lipinski definition) is 0. The monoisotopic (exact) mass is 437 g/mol. The van der Waals surface area contributed by atoms with Gasteiger partial charge in [0.2, 0.25) is 5.76 Å². The van der Waals surface area contributed by atoms with Crippen molar-refractivity contribution in [1.29, 1.82) is 0 Å². The van der Waals surface area contributed by atoms with Crippen molar-refractivity contribution in [3.05, 3.63) is 69.6 Å². The van der Waals surface area contributed by atoms with Gasteiger partial charge in [-0.1, -0.05) is 18.2 Å². The number of hydrogen-bond acceptors (Lipinski definition) is 6. The third-order valence-corrected chi connectivity index (χ3v) is 5.59. The summed E-state index contributed by atoms with van der Waals surface area (Å²) in [7, 11) is 3.12. The van der Waals surface area contributed by atoms with E-state index in [0.717, 1.165) is 5.56 Å². The molecule has 0 spiro atoms. The smallest absolute Gasteiger partial charge is 0.290 e. The van der Waals surface area contributed by atoms with Gasteiger partial charge in [-0.15, -0.1) is 0 Å². The second-order valence-corrected chi connectivity index (χ2v) is 7.96. The minimum absolute atomic E-state index is 0.0956. The molecule has 1 amide bonds. The summed E-state index contributed by atoms with van der Waals surface area (Å²) < 4.78 is 22.4. The molecular formula is C25H27NO6. The van der Waals surface area contributed by atoms with Gasteiger partial charge in [0.05, 0.1) is 37.3 Å². The average molecular weight is 437 g/mol. The first kappa shape index (κ1) is 21.9. The zero-order valence-corrected chi connectivity index (χ0v) is 18.7. The number of benzene rings is 2. The van der Waals surface area contributed by atoms with Crippen molar-refractivity contribution in [2.24, 2.45) is 0 Å². The Hall–Kier alpha value is -3.32. The van der Waals surface area contributed by atoms with Crippen LogP contribution in [-0.2, 0) is 4.74 Å². The fourth-order valence-corrected chi connectivity index (χ4v) is 4.12. The SMILES string of the molecule is COc1ccc([C@@H]2c3c(oc4ccccc4c3=O)C(=O)N2CCCOC(C)C)cc1OC. The normalized spacial score (nSPS) is 15.5. The van der Waals surface area contributed by atoms with Crippen molar-refractivity contribution >= 4 is 16.9 Å². The first-order chi connectivity index (χ1) is 15.5. The van der Waals surface area contributed by atoms with Crippen molar-refractivity contribution in [2.45, 2.75) is 32.4 Å². The summed E-state index contributed by atoms with van der Waals surface area (Å²) in [6.07, 6.45) is 0.742. The highest BCUT2D eigenvalue weighted by atomic mass is 16.5. The van der Waals surface area contributed by atoms with Crippen LogP contribution in [0, 0.1) is 0 Å². The van der Waals surface area contributed by atoms with E-state index in [-0.39, 0.29) is 23.2 Å². The van der Waals surface area contributed by atoms with E-state index in [4.69, 9.17) is 18.6 Å². The molecule has 168 valence electrons. The first-order valence-corrected chi connectivity index (χ1v) is 10.7. The molecule has 2 heterocycles. The maximum Gasteiger partial charge on any atom is 0.290 e. The van der Waals surface area contributed by atoms with Crippen LogP contribution < -0.4 is 14.9 Å². The molecule has 3 aromatic rings. The molecule has 7 heteroatoms. The summed E-state index contributed by atoms with van der Waals surface area (Å²) in [6.45, 7) is 4.87. The first-order valence-electron chi connectivity index (χ1n) is 10.7. The number of carbonyl (C=O) groups excluding carboxylic acids is 1. The van der Waals surface area contributed by atoms with Crippen LogP contribution in [0.15, 0.2) is 51.7 Å². The van der Waals surface area contributed by atoms with E-state index in [0.29, 0.717) is 47.6 Å². The molecule has 0 N–H and O–H groups in total. The molecule has 0 bridgehead atoms. The highest BCUT2D eigenvalue weighted by Gasteiger charge is 2.42. The predicted octanol–water partition coefficient (Wildman–Crippen LogP) is 4.17. The number of carbonyl (C=O) groups is 1. The summed E-state index contributed by atoms with van der Waals surface area (Å²) in [5.41, 5.74) is 1.31. The van der Waals surface area contributed by atoms with Gasteiger partial charge >= 0.3 is 0 Å². The average Bonchev–Trinajstić information content (AvgIpc) is 3.08. The van der Waals surface area contributed by atoms with E-state index in [1.165, 1.54) is 0 Å². The molecule has 1 atom stereocenters. The second-order valence-electron chi connectivity index (χ2n) is 7.96. The predicted molar refractivity (Wildman–Crippen MR) is 121 cm³/mol. The number of para-hydroxylation sites is 1. The molecule has 2 aromatic carbocycles. The Morgan fingerprint density at radius 1 is 1.03 bits per heavy atom. The van der Waals surface area contributed by atoms with Gasteiger partial charge in [0, 0.05) is 13.2 Å². The Morgan fingerprint density at radius 3 is 2.50 bits per heavy atom. The van der Waals surface area contributed by atoms with E-state index in [1.54, 1.807) is 55.5 Å². The number of nitrogens with zero attached hydrogens (tertiary/aromatic N) is 1. The molecule has 1 aliphatic rings. The highest BCUT2D eigenvalue weighted by molar-refractivity contribution is 5.99. The van der Waals surface area contributed by atoms with Gasteiger partial charge in [0.1, 0.15) is 5.58 Å². The molecule has 1 aromatic heterocycles. The van der Waals surface area contributed by atoms with Crippen LogP contribution >= 0.6 is 0 Å². The molecule has 1 aliphatic heterocycles. The molecular weight excluding hydrogens is 410 g/mol. The summed E-state index contributed by atoms with van der Waals surface area (Å²) in [4.78, 5) is 28.5. The summed E-state index contributed by atoms with van der Waals surface area (Å²) in [6, 6.07) is 11.8. The van der Waals surface area contributed by atoms with Crippen LogP contribution in [0.2, 0.25) is 0 Å². The molecule has 0 unspecified atom stereocenters. The van der Waals surface area contributed by atoms with E-state index in [9.17, 15) is 9.59 Å². The number of fused-ring (bicyclic) bond motifs is 2. The van der Waals surface area contributed by atoms with Gasteiger partial charge in [-0.3, -0.25) is 9.59 Å². The number of amides is 1. The number of methoxy groups -OCH3 is 2. The molecule has 32 heavy (non-hydrogen) atoms. The molecule has 4 rings (SSSR count). The van der Waals surface area contributed by atoms with E-state index in [1.807, 2.05) is 19.9 Å². The fraction of sp³-hybridized carbons (Fsp3) is 0.360. The molecule has 0 radical (unpaired) electrons. The Balaban J connectivity index is 1.83. The Bertz CT molecular complexity index is 1200. The quantitative estimate of drug-likeness (QED) is 0.492. The second kappa shape index (κ2) is 9.04. The standard InChI is InChI=1S/C25H27NO6/c1-15(2)31-13-7-12-26-22(16-10-11-19(29-3)20(14-16)30-4)21-23(27)17-8-5-6-9-18(17)32-24(21)25(26)28/h5-6,8-11,14-15,22H,7,12-13H2,1-4H3/t22-/m1/s1. The summed E-state index contributed by atoms with van der Waals surface area (Å²) in [5.74, 6) is 0.896. The lowest BCUT2D eigenvalue weighted by Gasteiger charge is -2.26. The summed E-state index contributed by atoms with van der Waals surface area (Å²) >= 11 is 0. The number of rotatable bonds is 8. The minimum Gasteiger partial charge on any atom is -0.493 e. The van der Waals surface area contributed by atoms with Crippen LogP contribution in [0.1, 0.15) is 48.0 Å².